The molecule has 0 aliphatic rings. The number of halogens is 1. The molecule has 0 heterocycles. The van der Waals surface area contributed by atoms with Crippen LogP contribution in [0.15, 0.2) is 36.4 Å². The van der Waals surface area contributed by atoms with Crippen molar-refractivity contribution < 1.29 is 13.9 Å². The molecule has 0 aliphatic heterocycles. The summed E-state index contributed by atoms with van der Waals surface area (Å²) in [6, 6.07) is 10.1. The van der Waals surface area contributed by atoms with Crippen molar-refractivity contribution in [3.05, 3.63) is 64.5 Å². The SMILES string of the molecule is COC(=O)c1ccc(C)c(NCc2ccc(F)cc2C)c1. The maximum Gasteiger partial charge on any atom is 0.337 e. The van der Waals surface area contributed by atoms with Crippen LogP contribution in [-0.2, 0) is 11.3 Å². The highest BCUT2D eigenvalue weighted by molar-refractivity contribution is 5.90. The van der Waals surface area contributed by atoms with Crippen LogP contribution in [0.3, 0.4) is 0 Å². The molecule has 110 valence electrons. The van der Waals surface area contributed by atoms with Gasteiger partial charge in [-0.25, -0.2) is 9.18 Å². The van der Waals surface area contributed by atoms with Crippen LogP contribution >= 0.6 is 0 Å². The molecule has 0 saturated heterocycles. The van der Waals surface area contributed by atoms with Gasteiger partial charge < -0.3 is 10.1 Å². The van der Waals surface area contributed by atoms with E-state index in [1.54, 1.807) is 18.2 Å². The summed E-state index contributed by atoms with van der Waals surface area (Å²) in [7, 11) is 1.36. The second-order valence-corrected chi connectivity index (χ2v) is 4.95. The number of methoxy groups -OCH3 is 1. The summed E-state index contributed by atoms with van der Waals surface area (Å²) in [4.78, 5) is 11.6. The minimum Gasteiger partial charge on any atom is -0.465 e. The van der Waals surface area contributed by atoms with Crippen LogP contribution in [0.1, 0.15) is 27.0 Å². The van der Waals surface area contributed by atoms with E-state index in [9.17, 15) is 9.18 Å². The Hall–Kier alpha value is -2.36. The Labute approximate surface area is 123 Å². The second-order valence-electron chi connectivity index (χ2n) is 4.95. The molecule has 4 heteroatoms. The first-order valence-corrected chi connectivity index (χ1v) is 6.69. The summed E-state index contributed by atoms with van der Waals surface area (Å²) in [5.41, 5.74) is 4.30. The first kappa shape index (κ1) is 15.0. The molecule has 0 aliphatic carbocycles. The van der Waals surface area contributed by atoms with Gasteiger partial charge in [0, 0.05) is 12.2 Å². The van der Waals surface area contributed by atoms with Crippen molar-refractivity contribution in [1.82, 2.24) is 0 Å². The Morgan fingerprint density at radius 3 is 2.57 bits per heavy atom. The van der Waals surface area contributed by atoms with Crippen molar-refractivity contribution in [2.24, 2.45) is 0 Å². The molecule has 0 aromatic heterocycles. The van der Waals surface area contributed by atoms with Crippen molar-refractivity contribution in [2.45, 2.75) is 20.4 Å². The number of benzene rings is 2. The first-order chi connectivity index (χ1) is 10.0. The number of esters is 1. The minimum atomic E-state index is -0.365. The average Bonchev–Trinajstić information content (AvgIpc) is 2.47. The van der Waals surface area contributed by atoms with E-state index in [1.807, 2.05) is 19.9 Å². The van der Waals surface area contributed by atoms with E-state index in [4.69, 9.17) is 4.74 Å². The predicted octanol–water partition coefficient (Wildman–Crippen LogP) is 3.84. The van der Waals surface area contributed by atoms with E-state index in [2.05, 4.69) is 5.32 Å². The monoisotopic (exact) mass is 287 g/mol. The zero-order chi connectivity index (χ0) is 15.4. The molecule has 0 atom stereocenters. The molecule has 0 spiro atoms. The molecule has 3 nitrogen and oxygen atoms in total. The van der Waals surface area contributed by atoms with Gasteiger partial charge >= 0.3 is 5.97 Å². The van der Waals surface area contributed by atoms with Crippen LogP contribution in [0.5, 0.6) is 0 Å². The van der Waals surface area contributed by atoms with E-state index in [0.717, 1.165) is 22.4 Å². The standard InChI is InChI=1S/C17H18FNO2/c1-11-4-5-13(17(20)21-3)9-16(11)19-10-14-6-7-15(18)8-12(14)2/h4-9,19H,10H2,1-3H3. The molecule has 1 N–H and O–H groups in total. The van der Waals surface area contributed by atoms with E-state index in [-0.39, 0.29) is 11.8 Å². The van der Waals surface area contributed by atoms with Gasteiger partial charge in [0.15, 0.2) is 0 Å². The fourth-order valence-electron chi connectivity index (χ4n) is 2.11. The van der Waals surface area contributed by atoms with Crippen LogP contribution in [0.2, 0.25) is 0 Å². The predicted molar refractivity (Wildman–Crippen MR) is 81.0 cm³/mol. The summed E-state index contributed by atoms with van der Waals surface area (Å²) < 4.78 is 17.8. The quantitative estimate of drug-likeness (QED) is 0.868. The van der Waals surface area contributed by atoms with Gasteiger partial charge in [-0.15, -0.1) is 0 Å². The van der Waals surface area contributed by atoms with Gasteiger partial charge in [0.1, 0.15) is 5.82 Å². The maximum atomic E-state index is 13.1. The van der Waals surface area contributed by atoms with Crippen LogP contribution in [0, 0.1) is 19.7 Å². The van der Waals surface area contributed by atoms with Crippen LogP contribution in [-0.4, -0.2) is 13.1 Å². The molecule has 2 aromatic rings. The number of hydrogen-bond donors (Lipinski definition) is 1. The van der Waals surface area contributed by atoms with Crippen LogP contribution in [0.25, 0.3) is 0 Å². The van der Waals surface area contributed by atoms with Crippen molar-refractivity contribution in [3.8, 4) is 0 Å². The van der Waals surface area contributed by atoms with Crippen molar-refractivity contribution in [2.75, 3.05) is 12.4 Å². The summed E-state index contributed by atoms with van der Waals surface area (Å²) in [5, 5.41) is 3.28. The van der Waals surface area contributed by atoms with Crippen molar-refractivity contribution >= 4 is 11.7 Å². The Morgan fingerprint density at radius 2 is 1.90 bits per heavy atom. The Kier molecular flexibility index (Phi) is 4.58. The Morgan fingerprint density at radius 1 is 1.14 bits per heavy atom. The highest BCUT2D eigenvalue weighted by atomic mass is 19.1. The lowest BCUT2D eigenvalue weighted by atomic mass is 10.1. The molecule has 0 saturated carbocycles. The van der Waals surface area contributed by atoms with Gasteiger partial charge in [0.25, 0.3) is 0 Å². The molecular formula is C17H18FNO2. The topological polar surface area (TPSA) is 38.3 Å². The zero-order valence-electron chi connectivity index (χ0n) is 12.4. The molecule has 0 bridgehead atoms. The Bertz CT molecular complexity index is 668. The third-order valence-electron chi connectivity index (χ3n) is 3.43. The first-order valence-electron chi connectivity index (χ1n) is 6.69. The van der Waals surface area contributed by atoms with Crippen molar-refractivity contribution in [1.29, 1.82) is 0 Å². The van der Waals surface area contributed by atoms with Crippen molar-refractivity contribution in [3.63, 3.8) is 0 Å². The lowest BCUT2D eigenvalue weighted by molar-refractivity contribution is 0.0601. The minimum absolute atomic E-state index is 0.236. The lowest BCUT2D eigenvalue weighted by Crippen LogP contribution is -2.06. The number of ether oxygens (including phenoxy) is 1. The summed E-state index contributed by atoms with van der Waals surface area (Å²) >= 11 is 0. The fourth-order valence-corrected chi connectivity index (χ4v) is 2.11. The normalized spacial score (nSPS) is 10.3. The number of rotatable bonds is 4. The van der Waals surface area contributed by atoms with Gasteiger partial charge in [0.05, 0.1) is 12.7 Å². The lowest BCUT2D eigenvalue weighted by Gasteiger charge is -2.12. The van der Waals surface area contributed by atoms with E-state index in [1.165, 1.54) is 19.2 Å². The van der Waals surface area contributed by atoms with Gasteiger partial charge in [-0.3, -0.25) is 0 Å². The van der Waals surface area contributed by atoms with Gasteiger partial charge in [-0.1, -0.05) is 12.1 Å². The molecule has 0 fully saturated rings. The molecule has 0 radical (unpaired) electrons. The number of aryl methyl sites for hydroxylation is 2. The number of anilines is 1. The highest BCUT2D eigenvalue weighted by Crippen LogP contribution is 2.19. The Balaban J connectivity index is 2.17. The average molecular weight is 287 g/mol. The van der Waals surface area contributed by atoms with E-state index in [0.29, 0.717) is 12.1 Å². The smallest absolute Gasteiger partial charge is 0.337 e. The number of carbonyl (C=O) groups excluding carboxylic acids is 1. The largest absolute Gasteiger partial charge is 0.465 e. The maximum absolute atomic E-state index is 13.1. The molecule has 0 unspecified atom stereocenters. The third-order valence-corrected chi connectivity index (χ3v) is 3.43. The van der Waals surface area contributed by atoms with Crippen LogP contribution < -0.4 is 5.32 Å². The van der Waals surface area contributed by atoms with E-state index >= 15 is 0 Å². The molecule has 21 heavy (non-hydrogen) atoms. The summed E-state index contributed by atoms with van der Waals surface area (Å²) in [5.74, 6) is -0.601. The fraction of sp³-hybridized carbons (Fsp3) is 0.235. The molecular weight excluding hydrogens is 269 g/mol. The third kappa shape index (κ3) is 3.60. The molecule has 2 aromatic carbocycles. The second kappa shape index (κ2) is 6.39. The van der Waals surface area contributed by atoms with Gasteiger partial charge in [-0.05, 0) is 54.8 Å². The zero-order valence-corrected chi connectivity index (χ0v) is 12.4. The van der Waals surface area contributed by atoms with Gasteiger partial charge in [-0.2, -0.15) is 0 Å². The summed E-state index contributed by atoms with van der Waals surface area (Å²) in [6.07, 6.45) is 0. The highest BCUT2D eigenvalue weighted by Gasteiger charge is 2.08. The van der Waals surface area contributed by atoms with E-state index < -0.39 is 0 Å². The summed E-state index contributed by atoms with van der Waals surface area (Å²) in [6.45, 7) is 4.40. The number of hydrogen-bond acceptors (Lipinski definition) is 3. The van der Waals surface area contributed by atoms with Crippen LogP contribution in [0.4, 0.5) is 10.1 Å². The number of nitrogens with one attached hydrogen (secondary N) is 1. The number of carbonyl (C=O) groups is 1. The molecule has 0 amide bonds. The molecule has 2 rings (SSSR count). The van der Waals surface area contributed by atoms with Gasteiger partial charge in [0.2, 0.25) is 0 Å².